The van der Waals surface area contributed by atoms with Gasteiger partial charge in [-0.1, -0.05) is 17.3 Å². The Kier molecular flexibility index (Phi) is 4.77. The van der Waals surface area contributed by atoms with Crippen molar-refractivity contribution >= 4 is 17.2 Å². The van der Waals surface area contributed by atoms with Crippen LogP contribution >= 0.6 is 11.3 Å². The number of rotatable bonds is 4. The van der Waals surface area contributed by atoms with Gasteiger partial charge in [-0.05, 0) is 29.6 Å². The normalized spacial score (nSPS) is 15.3. The van der Waals surface area contributed by atoms with Crippen LogP contribution in [0.25, 0.3) is 10.7 Å². The second-order valence-electron chi connectivity index (χ2n) is 6.07. The minimum Gasteiger partial charge on any atom is -0.338 e. The summed E-state index contributed by atoms with van der Waals surface area (Å²) in [6.07, 6.45) is 0. The summed E-state index contributed by atoms with van der Waals surface area (Å²) >= 11 is 1.57. The average Bonchev–Trinajstić information content (AvgIpc) is 3.33. The smallest absolute Gasteiger partial charge is 0.254 e. The molecule has 2 aromatic heterocycles. The van der Waals surface area contributed by atoms with E-state index in [2.05, 4.69) is 15.0 Å². The lowest BCUT2D eigenvalue weighted by molar-refractivity contribution is 0.0614. The van der Waals surface area contributed by atoms with Crippen molar-refractivity contribution in [3.05, 3.63) is 59.0 Å². The van der Waals surface area contributed by atoms with Crippen LogP contribution in [0.15, 0.2) is 46.3 Å². The van der Waals surface area contributed by atoms with Crippen LogP contribution in [0.1, 0.15) is 16.2 Å². The van der Waals surface area contributed by atoms with Gasteiger partial charge in [0.25, 0.3) is 5.91 Å². The topological polar surface area (TPSA) is 62.5 Å². The lowest BCUT2D eigenvalue weighted by Gasteiger charge is -2.34. The van der Waals surface area contributed by atoms with Gasteiger partial charge in [-0.3, -0.25) is 9.69 Å². The fourth-order valence-electron chi connectivity index (χ4n) is 2.93. The Morgan fingerprint density at radius 2 is 2.04 bits per heavy atom. The van der Waals surface area contributed by atoms with Crippen molar-refractivity contribution < 1.29 is 13.7 Å². The Bertz CT molecular complexity index is 888. The van der Waals surface area contributed by atoms with E-state index >= 15 is 0 Å². The molecule has 26 heavy (non-hydrogen) atoms. The van der Waals surface area contributed by atoms with Gasteiger partial charge in [-0.25, -0.2) is 4.39 Å². The average molecular weight is 372 g/mol. The highest BCUT2D eigenvalue weighted by Crippen LogP contribution is 2.21. The zero-order valence-corrected chi connectivity index (χ0v) is 14.8. The maximum atomic E-state index is 13.3. The monoisotopic (exact) mass is 372 g/mol. The predicted molar refractivity (Wildman–Crippen MR) is 95.2 cm³/mol. The number of nitrogens with zero attached hydrogens (tertiary/aromatic N) is 4. The van der Waals surface area contributed by atoms with Crippen molar-refractivity contribution in [2.75, 3.05) is 26.2 Å². The lowest BCUT2D eigenvalue weighted by atomic mass is 10.1. The minimum atomic E-state index is -0.396. The zero-order valence-electron chi connectivity index (χ0n) is 14.0. The van der Waals surface area contributed by atoms with E-state index in [0.717, 1.165) is 4.88 Å². The van der Waals surface area contributed by atoms with Gasteiger partial charge in [-0.15, -0.1) is 11.3 Å². The summed E-state index contributed by atoms with van der Waals surface area (Å²) in [5, 5.41) is 5.99. The van der Waals surface area contributed by atoms with Gasteiger partial charge in [0, 0.05) is 31.7 Å². The van der Waals surface area contributed by atoms with E-state index in [1.807, 2.05) is 17.5 Å². The van der Waals surface area contributed by atoms with Crippen LogP contribution < -0.4 is 0 Å². The summed E-state index contributed by atoms with van der Waals surface area (Å²) in [5.41, 5.74) is 0.385. The van der Waals surface area contributed by atoms with E-state index in [9.17, 15) is 9.18 Å². The highest BCUT2D eigenvalue weighted by atomic mass is 32.1. The number of thiophene rings is 1. The Labute approximate surface area is 153 Å². The maximum Gasteiger partial charge on any atom is 0.254 e. The summed E-state index contributed by atoms with van der Waals surface area (Å²) < 4.78 is 18.6. The molecule has 0 atom stereocenters. The predicted octanol–water partition coefficient (Wildman–Crippen LogP) is 2.90. The molecule has 0 N–H and O–H groups in total. The van der Waals surface area contributed by atoms with Crippen molar-refractivity contribution in [2.45, 2.75) is 6.54 Å². The van der Waals surface area contributed by atoms with Gasteiger partial charge in [0.15, 0.2) is 0 Å². The van der Waals surface area contributed by atoms with Gasteiger partial charge < -0.3 is 9.42 Å². The van der Waals surface area contributed by atoms with E-state index < -0.39 is 5.82 Å². The standard InChI is InChI=1S/C18H17FN4O2S/c19-14-4-1-3-13(11-14)18(24)23-8-6-22(7-9-23)12-16-20-17(21-25-16)15-5-2-10-26-15/h1-5,10-11H,6-9,12H2. The number of piperazine rings is 1. The van der Waals surface area contributed by atoms with E-state index in [1.54, 1.807) is 28.4 Å². The molecule has 1 aliphatic heterocycles. The van der Waals surface area contributed by atoms with E-state index in [0.29, 0.717) is 50.0 Å². The molecule has 0 bridgehead atoms. The number of carbonyl (C=O) groups is 1. The second-order valence-corrected chi connectivity index (χ2v) is 7.02. The molecule has 0 radical (unpaired) electrons. The van der Waals surface area contributed by atoms with Crippen molar-refractivity contribution in [3.8, 4) is 10.7 Å². The number of carbonyl (C=O) groups excluding carboxylic acids is 1. The fourth-order valence-corrected chi connectivity index (χ4v) is 3.58. The summed E-state index contributed by atoms with van der Waals surface area (Å²) in [7, 11) is 0. The van der Waals surface area contributed by atoms with Gasteiger partial charge in [0.2, 0.25) is 11.7 Å². The quantitative estimate of drug-likeness (QED) is 0.705. The number of hydrogen-bond donors (Lipinski definition) is 0. The van der Waals surface area contributed by atoms with Gasteiger partial charge in [0.05, 0.1) is 11.4 Å². The highest BCUT2D eigenvalue weighted by Gasteiger charge is 2.23. The Balaban J connectivity index is 1.33. The van der Waals surface area contributed by atoms with Gasteiger partial charge in [-0.2, -0.15) is 4.98 Å². The third-order valence-corrected chi connectivity index (χ3v) is 5.17. The first-order valence-corrected chi connectivity index (χ1v) is 9.21. The summed E-state index contributed by atoms with van der Waals surface area (Å²) in [6, 6.07) is 9.71. The largest absolute Gasteiger partial charge is 0.338 e. The number of hydrogen-bond acceptors (Lipinski definition) is 6. The van der Waals surface area contributed by atoms with Crippen LogP contribution in [0.3, 0.4) is 0 Å². The third-order valence-electron chi connectivity index (χ3n) is 4.30. The molecule has 1 saturated heterocycles. The molecular weight excluding hydrogens is 355 g/mol. The molecule has 0 unspecified atom stereocenters. The van der Waals surface area contributed by atoms with Crippen LogP contribution in [0, 0.1) is 5.82 Å². The van der Waals surface area contributed by atoms with E-state index in [4.69, 9.17) is 4.52 Å². The first-order chi connectivity index (χ1) is 12.7. The van der Waals surface area contributed by atoms with Crippen LogP contribution in [0.4, 0.5) is 4.39 Å². The van der Waals surface area contributed by atoms with Crippen molar-refractivity contribution in [1.82, 2.24) is 19.9 Å². The highest BCUT2D eigenvalue weighted by molar-refractivity contribution is 7.13. The molecule has 4 rings (SSSR count). The SMILES string of the molecule is O=C(c1cccc(F)c1)N1CCN(Cc2nc(-c3cccs3)no2)CC1. The molecule has 0 saturated carbocycles. The van der Waals surface area contributed by atoms with Gasteiger partial charge in [0.1, 0.15) is 5.82 Å². The first kappa shape index (κ1) is 16.9. The molecule has 3 aromatic rings. The second kappa shape index (κ2) is 7.35. The molecule has 6 nitrogen and oxygen atoms in total. The number of amides is 1. The molecule has 0 aliphatic carbocycles. The van der Waals surface area contributed by atoms with Crippen molar-refractivity contribution in [3.63, 3.8) is 0 Å². The molecule has 1 amide bonds. The third kappa shape index (κ3) is 3.66. The summed E-state index contributed by atoms with van der Waals surface area (Å²) in [5.74, 6) is 0.641. The van der Waals surface area contributed by atoms with Crippen LogP contribution in [0.2, 0.25) is 0 Å². The first-order valence-electron chi connectivity index (χ1n) is 8.33. The molecule has 1 fully saturated rings. The van der Waals surface area contributed by atoms with E-state index in [-0.39, 0.29) is 5.91 Å². The van der Waals surface area contributed by atoms with Crippen LogP contribution in [-0.4, -0.2) is 52.0 Å². The fraction of sp³-hybridized carbons (Fsp3) is 0.278. The number of halogens is 1. The molecule has 3 heterocycles. The molecule has 1 aliphatic rings. The number of aromatic nitrogens is 2. The lowest BCUT2D eigenvalue weighted by Crippen LogP contribution is -2.48. The molecule has 134 valence electrons. The molecular formula is C18H17FN4O2S. The molecule has 8 heteroatoms. The Morgan fingerprint density at radius 3 is 2.77 bits per heavy atom. The molecule has 0 spiro atoms. The zero-order chi connectivity index (χ0) is 17.9. The molecule has 1 aromatic carbocycles. The van der Waals surface area contributed by atoms with Gasteiger partial charge >= 0.3 is 0 Å². The van der Waals surface area contributed by atoms with E-state index in [1.165, 1.54) is 12.1 Å². The van der Waals surface area contributed by atoms with Crippen molar-refractivity contribution in [1.29, 1.82) is 0 Å². The summed E-state index contributed by atoms with van der Waals surface area (Å²) in [4.78, 5) is 21.8. The maximum absolute atomic E-state index is 13.3. The van der Waals surface area contributed by atoms with Crippen LogP contribution in [0.5, 0.6) is 0 Å². The van der Waals surface area contributed by atoms with Crippen LogP contribution in [-0.2, 0) is 6.54 Å². The Hall–Kier alpha value is -2.58. The minimum absolute atomic E-state index is 0.137. The number of benzene rings is 1. The Morgan fingerprint density at radius 1 is 1.19 bits per heavy atom. The van der Waals surface area contributed by atoms with Crippen molar-refractivity contribution in [2.24, 2.45) is 0 Å². The summed E-state index contributed by atoms with van der Waals surface area (Å²) in [6.45, 7) is 3.14.